The molecule has 0 unspecified atom stereocenters. The van der Waals surface area contributed by atoms with E-state index in [-0.39, 0.29) is 11.5 Å². The van der Waals surface area contributed by atoms with E-state index < -0.39 is 4.92 Å². The first-order chi connectivity index (χ1) is 9.10. The molecule has 2 aromatic rings. The van der Waals surface area contributed by atoms with Gasteiger partial charge in [0.15, 0.2) is 0 Å². The van der Waals surface area contributed by atoms with Gasteiger partial charge >= 0.3 is 5.69 Å². The van der Waals surface area contributed by atoms with Crippen molar-refractivity contribution in [2.75, 3.05) is 23.4 Å². The molecule has 4 N–H and O–H groups in total. The third kappa shape index (κ3) is 2.89. The second-order valence-electron chi connectivity index (χ2n) is 3.82. The van der Waals surface area contributed by atoms with Gasteiger partial charge in [0.25, 0.3) is 0 Å². The molecule has 2 rings (SSSR count). The molecule has 98 valence electrons. The zero-order valence-corrected chi connectivity index (χ0v) is 10.3. The smallest absolute Gasteiger partial charge is 0.311 e. The quantitative estimate of drug-likeness (QED) is 0.442. The van der Waals surface area contributed by atoms with E-state index in [0.717, 1.165) is 0 Å². The van der Waals surface area contributed by atoms with Crippen molar-refractivity contribution in [3.05, 3.63) is 46.5 Å². The Hall–Kier alpha value is -2.83. The second-order valence-corrected chi connectivity index (χ2v) is 3.82. The van der Waals surface area contributed by atoms with Crippen molar-refractivity contribution in [1.29, 1.82) is 0 Å². The van der Waals surface area contributed by atoms with Gasteiger partial charge < -0.3 is 16.4 Å². The molecule has 1 heterocycles. The summed E-state index contributed by atoms with van der Waals surface area (Å²) in [6, 6.07) is 9.86. The maximum Gasteiger partial charge on any atom is 0.311 e. The van der Waals surface area contributed by atoms with Crippen LogP contribution in [-0.4, -0.2) is 17.0 Å². The molecular weight excluding hydrogens is 246 g/mol. The van der Waals surface area contributed by atoms with E-state index in [2.05, 4.69) is 15.6 Å². The summed E-state index contributed by atoms with van der Waals surface area (Å²) in [5, 5.41) is 16.7. The number of nitrogens with zero attached hydrogens (tertiary/aromatic N) is 2. The van der Waals surface area contributed by atoms with E-state index in [0.29, 0.717) is 17.2 Å². The summed E-state index contributed by atoms with van der Waals surface area (Å²) in [5.74, 6) is 0.708. The number of hydrogen-bond acceptors (Lipinski definition) is 6. The van der Waals surface area contributed by atoms with Crippen LogP contribution in [0.15, 0.2) is 36.4 Å². The van der Waals surface area contributed by atoms with Crippen molar-refractivity contribution in [3.63, 3.8) is 0 Å². The third-order valence-electron chi connectivity index (χ3n) is 2.48. The first-order valence-electron chi connectivity index (χ1n) is 5.56. The van der Waals surface area contributed by atoms with Crippen LogP contribution in [0.5, 0.6) is 0 Å². The van der Waals surface area contributed by atoms with Crippen LogP contribution in [0.3, 0.4) is 0 Å². The van der Waals surface area contributed by atoms with Crippen molar-refractivity contribution in [1.82, 2.24) is 4.98 Å². The van der Waals surface area contributed by atoms with E-state index in [1.807, 2.05) is 0 Å². The van der Waals surface area contributed by atoms with Crippen LogP contribution in [0.4, 0.5) is 28.7 Å². The van der Waals surface area contributed by atoms with Gasteiger partial charge in [-0.15, -0.1) is 0 Å². The number of nitrogens with one attached hydrogen (secondary N) is 2. The lowest BCUT2D eigenvalue weighted by molar-refractivity contribution is -0.384. The number of hydrogen-bond donors (Lipinski definition) is 3. The topological polar surface area (TPSA) is 106 Å². The fraction of sp³-hybridized carbons (Fsp3) is 0.0833. The molecule has 0 atom stereocenters. The Morgan fingerprint density at radius 1 is 1.32 bits per heavy atom. The van der Waals surface area contributed by atoms with E-state index >= 15 is 0 Å². The summed E-state index contributed by atoms with van der Waals surface area (Å²) in [6.45, 7) is 0. The van der Waals surface area contributed by atoms with Crippen molar-refractivity contribution in [2.24, 2.45) is 0 Å². The van der Waals surface area contributed by atoms with Gasteiger partial charge in [0.1, 0.15) is 5.82 Å². The molecule has 0 saturated heterocycles. The van der Waals surface area contributed by atoms with Gasteiger partial charge in [0.05, 0.1) is 4.92 Å². The van der Waals surface area contributed by atoms with Crippen LogP contribution in [0.25, 0.3) is 0 Å². The van der Waals surface area contributed by atoms with Crippen LogP contribution >= 0.6 is 0 Å². The molecule has 0 amide bonds. The minimum atomic E-state index is -0.485. The molecule has 0 saturated carbocycles. The molecule has 19 heavy (non-hydrogen) atoms. The molecule has 0 aliphatic carbocycles. The van der Waals surface area contributed by atoms with Gasteiger partial charge in [-0.2, -0.15) is 0 Å². The minimum absolute atomic E-state index is 0.0959. The normalized spacial score (nSPS) is 9.95. The van der Waals surface area contributed by atoms with Gasteiger partial charge in [0.2, 0.25) is 5.82 Å². The Morgan fingerprint density at radius 2 is 2.11 bits per heavy atom. The number of nitrogen functional groups attached to an aromatic ring is 1. The lowest BCUT2D eigenvalue weighted by Gasteiger charge is -2.08. The SMILES string of the molecule is CNc1ccc([N+](=O)[O-])c(Nc2cccc(N)c2)n1. The first kappa shape index (κ1) is 12.6. The number of pyridine rings is 1. The summed E-state index contributed by atoms with van der Waals surface area (Å²) in [6.07, 6.45) is 0. The largest absolute Gasteiger partial charge is 0.399 e. The van der Waals surface area contributed by atoms with Gasteiger partial charge in [-0.1, -0.05) is 6.07 Å². The minimum Gasteiger partial charge on any atom is -0.399 e. The number of aromatic nitrogens is 1. The standard InChI is InChI=1S/C12H13N5O2/c1-14-11-6-5-10(17(18)19)12(16-11)15-9-4-2-3-8(13)7-9/h2-7H,13H2,1H3,(H2,14,15,16). The summed E-state index contributed by atoms with van der Waals surface area (Å²) in [7, 11) is 1.69. The van der Waals surface area contributed by atoms with Crippen LogP contribution < -0.4 is 16.4 Å². The van der Waals surface area contributed by atoms with Gasteiger partial charge in [0, 0.05) is 24.5 Å². The van der Waals surface area contributed by atoms with Gasteiger partial charge in [-0.25, -0.2) is 4.98 Å². The number of nitro groups is 1. The summed E-state index contributed by atoms with van der Waals surface area (Å²) in [4.78, 5) is 14.6. The highest BCUT2D eigenvalue weighted by molar-refractivity contribution is 5.69. The van der Waals surface area contributed by atoms with Crippen LogP contribution in [0.2, 0.25) is 0 Å². The Morgan fingerprint density at radius 3 is 2.74 bits per heavy atom. The second kappa shape index (κ2) is 5.21. The Bertz CT molecular complexity index is 615. The Labute approximate surface area is 109 Å². The monoisotopic (exact) mass is 259 g/mol. The van der Waals surface area contributed by atoms with Crippen LogP contribution in [-0.2, 0) is 0 Å². The van der Waals surface area contributed by atoms with Crippen LogP contribution in [0, 0.1) is 10.1 Å². The number of anilines is 4. The van der Waals surface area contributed by atoms with Gasteiger partial charge in [-0.05, 0) is 24.3 Å². The maximum atomic E-state index is 11.0. The average molecular weight is 259 g/mol. The summed E-state index contributed by atoms with van der Waals surface area (Å²) >= 11 is 0. The molecular formula is C12H13N5O2. The molecule has 7 heteroatoms. The van der Waals surface area contributed by atoms with Gasteiger partial charge in [-0.3, -0.25) is 10.1 Å². The highest BCUT2D eigenvalue weighted by Gasteiger charge is 2.16. The van der Waals surface area contributed by atoms with Crippen molar-refractivity contribution in [2.45, 2.75) is 0 Å². The molecule has 0 spiro atoms. The molecule has 1 aromatic carbocycles. The average Bonchev–Trinajstić information content (AvgIpc) is 2.38. The summed E-state index contributed by atoms with van der Waals surface area (Å²) in [5.41, 5.74) is 6.77. The zero-order chi connectivity index (χ0) is 13.8. The lowest BCUT2D eigenvalue weighted by Crippen LogP contribution is -2.02. The first-order valence-corrected chi connectivity index (χ1v) is 5.56. The van der Waals surface area contributed by atoms with Crippen LogP contribution in [0.1, 0.15) is 0 Å². The Kier molecular flexibility index (Phi) is 3.46. The van der Waals surface area contributed by atoms with E-state index in [1.54, 1.807) is 37.4 Å². The van der Waals surface area contributed by atoms with E-state index in [1.165, 1.54) is 6.07 Å². The number of rotatable bonds is 4. The lowest BCUT2D eigenvalue weighted by atomic mass is 10.2. The maximum absolute atomic E-state index is 11.0. The third-order valence-corrected chi connectivity index (χ3v) is 2.48. The fourth-order valence-corrected chi connectivity index (χ4v) is 1.58. The molecule has 0 fully saturated rings. The zero-order valence-electron chi connectivity index (χ0n) is 10.3. The van der Waals surface area contributed by atoms with E-state index in [9.17, 15) is 10.1 Å². The molecule has 0 radical (unpaired) electrons. The fourth-order valence-electron chi connectivity index (χ4n) is 1.58. The molecule has 0 aliphatic rings. The highest BCUT2D eigenvalue weighted by atomic mass is 16.6. The summed E-state index contributed by atoms with van der Waals surface area (Å²) < 4.78 is 0. The molecule has 0 aliphatic heterocycles. The molecule has 7 nitrogen and oxygen atoms in total. The van der Waals surface area contributed by atoms with E-state index in [4.69, 9.17) is 5.73 Å². The van der Waals surface area contributed by atoms with Crippen molar-refractivity contribution >= 4 is 28.7 Å². The Balaban J connectivity index is 2.39. The van der Waals surface area contributed by atoms with Crippen molar-refractivity contribution in [3.8, 4) is 0 Å². The highest BCUT2D eigenvalue weighted by Crippen LogP contribution is 2.27. The predicted octanol–water partition coefficient (Wildman–Crippen LogP) is 2.36. The number of nitrogens with two attached hydrogens (primary N) is 1. The number of benzene rings is 1. The molecule has 1 aromatic heterocycles. The van der Waals surface area contributed by atoms with Crippen molar-refractivity contribution < 1.29 is 4.92 Å². The predicted molar refractivity (Wildman–Crippen MR) is 74.6 cm³/mol. The molecule has 0 bridgehead atoms.